The van der Waals surface area contributed by atoms with E-state index < -0.39 is 0 Å². The molecule has 1 aliphatic heterocycles. The Morgan fingerprint density at radius 2 is 2.22 bits per heavy atom. The van der Waals surface area contributed by atoms with E-state index in [1.54, 1.807) is 15.8 Å². The molecule has 0 radical (unpaired) electrons. The van der Waals surface area contributed by atoms with Crippen LogP contribution in [0.2, 0.25) is 0 Å². The van der Waals surface area contributed by atoms with Gasteiger partial charge in [-0.2, -0.15) is 5.10 Å². The maximum atomic E-state index is 12.6. The number of aliphatic imine (C=N–C) groups is 1. The summed E-state index contributed by atoms with van der Waals surface area (Å²) in [6.45, 7) is 6.92. The van der Waals surface area contributed by atoms with Crippen molar-refractivity contribution in [2.45, 2.75) is 26.2 Å². The zero-order valence-electron chi connectivity index (χ0n) is 16.3. The number of nitrogens with zero attached hydrogens (tertiary/aromatic N) is 5. The summed E-state index contributed by atoms with van der Waals surface area (Å²) >= 11 is 0. The van der Waals surface area contributed by atoms with Gasteiger partial charge in [0.2, 0.25) is 5.91 Å². The Morgan fingerprint density at radius 3 is 2.85 bits per heavy atom. The van der Waals surface area contributed by atoms with Crippen molar-refractivity contribution >= 4 is 41.5 Å². The third-order valence-corrected chi connectivity index (χ3v) is 4.62. The molecule has 1 saturated carbocycles. The van der Waals surface area contributed by atoms with Crippen LogP contribution in [-0.4, -0.2) is 72.5 Å². The van der Waals surface area contributed by atoms with Crippen molar-refractivity contribution in [3.8, 4) is 0 Å². The number of carbonyl (C=O) groups excluding carboxylic acids is 1. The minimum absolute atomic E-state index is 0. The first kappa shape index (κ1) is 21.9. The molecule has 1 amide bonds. The molecule has 1 saturated heterocycles. The van der Waals surface area contributed by atoms with Crippen LogP contribution in [0.4, 0.5) is 5.69 Å². The Balaban J connectivity index is 0.00000261. The highest BCUT2D eigenvalue weighted by Gasteiger charge is 2.27. The monoisotopic (exact) mass is 490 g/mol. The van der Waals surface area contributed by atoms with E-state index in [1.165, 1.54) is 12.8 Å². The zero-order chi connectivity index (χ0) is 18.4. The molecule has 0 spiro atoms. The molecule has 0 bridgehead atoms. The second-order valence-electron chi connectivity index (χ2n) is 6.95. The molecule has 0 unspecified atom stereocenters. The number of piperazine rings is 1. The van der Waals surface area contributed by atoms with Crippen molar-refractivity contribution < 1.29 is 9.53 Å². The Labute approximate surface area is 178 Å². The van der Waals surface area contributed by atoms with Gasteiger partial charge in [0.15, 0.2) is 5.96 Å². The van der Waals surface area contributed by atoms with Crippen molar-refractivity contribution in [1.82, 2.24) is 20.0 Å². The smallest absolute Gasteiger partial charge is 0.246 e. The molecule has 1 N–H and O–H groups in total. The summed E-state index contributed by atoms with van der Waals surface area (Å²) in [7, 11) is 1.86. The fourth-order valence-electron chi connectivity index (χ4n) is 2.99. The van der Waals surface area contributed by atoms with Crippen LogP contribution in [0.5, 0.6) is 0 Å². The minimum Gasteiger partial charge on any atom is -0.381 e. The van der Waals surface area contributed by atoms with Gasteiger partial charge in [0.1, 0.15) is 6.54 Å². The number of halogens is 1. The van der Waals surface area contributed by atoms with E-state index in [2.05, 4.69) is 15.4 Å². The summed E-state index contributed by atoms with van der Waals surface area (Å²) in [5, 5.41) is 7.45. The molecule has 8 nitrogen and oxygen atoms in total. The van der Waals surface area contributed by atoms with E-state index in [0.29, 0.717) is 19.6 Å². The largest absolute Gasteiger partial charge is 0.381 e. The Morgan fingerprint density at radius 1 is 1.41 bits per heavy atom. The summed E-state index contributed by atoms with van der Waals surface area (Å²) in [5.41, 5.74) is 0.854. The van der Waals surface area contributed by atoms with Crippen LogP contribution in [0, 0.1) is 5.92 Å². The van der Waals surface area contributed by atoms with Crippen molar-refractivity contribution in [2.75, 3.05) is 50.8 Å². The standard InChI is InChI=1S/C18H30N6O2.HI/c1-3-19-18(20-7-4-10-26-14-15-5-6-15)23-8-9-24(17(25)13-23)16-11-21-22(2)12-16;/h11-12,15H,3-10,13-14H2,1-2H3,(H,19,20);1H. The minimum atomic E-state index is 0. The molecule has 1 aliphatic carbocycles. The van der Waals surface area contributed by atoms with Crippen molar-refractivity contribution in [2.24, 2.45) is 18.0 Å². The highest BCUT2D eigenvalue weighted by Crippen LogP contribution is 2.28. The van der Waals surface area contributed by atoms with Crippen molar-refractivity contribution in [3.05, 3.63) is 12.4 Å². The summed E-state index contributed by atoms with van der Waals surface area (Å²) < 4.78 is 7.37. The second kappa shape index (κ2) is 10.8. The Hall–Kier alpha value is -1.36. The number of carbonyl (C=O) groups is 1. The summed E-state index contributed by atoms with van der Waals surface area (Å²) in [5.74, 6) is 1.69. The number of rotatable bonds is 8. The van der Waals surface area contributed by atoms with Crippen LogP contribution < -0.4 is 10.2 Å². The van der Waals surface area contributed by atoms with E-state index in [9.17, 15) is 4.79 Å². The number of aryl methyl sites for hydroxylation is 1. The number of ether oxygens (including phenoxy) is 1. The van der Waals surface area contributed by atoms with E-state index in [-0.39, 0.29) is 29.9 Å². The van der Waals surface area contributed by atoms with E-state index in [1.807, 2.05) is 25.1 Å². The summed E-state index contributed by atoms with van der Waals surface area (Å²) in [6.07, 6.45) is 7.15. The van der Waals surface area contributed by atoms with Gasteiger partial charge in [-0.05, 0) is 32.1 Å². The van der Waals surface area contributed by atoms with Gasteiger partial charge in [0.25, 0.3) is 0 Å². The lowest BCUT2D eigenvalue weighted by Gasteiger charge is -2.35. The first-order valence-corrected chi connectivity index (χ1v) is 9.57. The number of amides is 1. The van der Waals surface area contributed by atoms with Gasteiger partial charge < -0.3 is 19.9 Å². The Bertz CT molecular complexity index is 631. The molecule has 9 heteroatoms. The van der Waals surface area contributed by atoms with Gasteiger partial charge in [0, 0.05) is 52.6 Å². The fourth-order valence-corrected chi connectivity index (χ4v) is 2.99. The van der Waals surface area contributed by atoms with Crippen LogP contribution in [0.1, 0.15) is 26.2 Å². The molecule has 0 aromatic carbocycles. The number of aromatic nitrogens is 2. The first-order valence-electron chi connectivity index (χ1n) is 9.57. The lowest BCUT2D eigenvalue weighted by molar-refractivity contribution is -0.120. The molecule has 2 heterocycles. The van der Waals surface area contributed by atoms with Gasteiger partial charge in [-0.25, -0.2) is 0 Å². The predicted octanol–water partition coefficient (Wildman–Crippen LogP) is 1.47. The van der Waals surface area contributed by atoms with Gasteiger partial charge >= 0.3 is 0 Å². The van der Waals surface area contributed by atoms with Gasteiger partial charge in [0.05, 0.1) is 11.9 Å². The number of hydrogen-bond donors (Lipinski definition) is 1. The molecule has 0 atom stereocenters. The lowest BCUT2D eigenvalue weighted by atomic mass is 10.3. The van der Waals surface area contributed by atoms with Crippen LogP contribution in [0.3, 0.4) is 0 Å². The topological polar surface area (TPSA) is 75.0 Å². The summed E-state index contributed by atoms with van der Waals surface area (Å²) in [4.78, 5) is 21.0. The highest BCUT2D eigenvalue weighted by molar-refractivity contribution is 14.0. The third-order valence-electron chi connectivity index (χ3n) is 4.62. The molecule has 1 aromatic heterocycles. The quantitative estimate of drug-likeness (QED) is 0.259. The first-order chi connectivity index (χ1) is 12.7. The SMILES string of the molecule is CCNC(=NCCCOCC1CC1)N1CCN(c2cnn(C)c2)C(=O)C1.I. The van der Waals surface area contributed by atoms with E-state index in [0.717, 1.165) is 50.3 Å². The maximum absolute atomic E-state index is 12.6. The molecule has 152 valence electrons. The van der Waals surface area contributed by atoms with E-state index >= 15 is 0 Å². The molecule has 2 aliphatic rings. The molecule has 3 rings (SSSR count). The van der Waals surface area contributed by atoms with Gasteiger partial charge in [-0.15, -0.1) is 24.0 Å². The van der Waals surface area contributed by atoms with E-state index in [4.69, 9.17) is 4.74 Å². The normalized spacial score (nSPS) is 17.9. The number of anilines is 1. The maximum Gasteiger partial charge on any atom is 0.246 e. The average molecular weight is 490 g/mol. The number of hydrogen-bond acceptors (Lipinski definition) is 4. The van der Waals surface area contributed by atoms with Crippen LogP contribution in [-0.2, 0) is 16.6 Å². The molecule has 2 fully saturated rings. The van der Waals surface area contributed by atoms with Gasteiger partial charge in [-0.3, -0.25) is 14.5 Å². The van der Waals surface area contributed by atoms with Crippen LogP contribution in [0.15, 0.2) is 17.4 Å². The van der Waals surface area contributed by atoms with Crippen LogP contribution >= 0.6 is 24.0 Å². The van der Waals surface area contributed by atoms with Gasteiger partial charge in [-0.1, -0.05) is 0 Å². The third kappa shape index (κ3) is 6.63. The summed E-state index contributed by atoms with van der Waals surface area (Å²) in [6, 6.07) is 0. The highest BCUT2D eigenvalue weighted by atomic mass is 127. The fraction of sp³-hybridized carbons (Fsp3) is 0.722. The lowest BCUT2D eigenvalue weighted by Crippen LogP contribution is -2.55. The predicted molar refractivity (Wildman–Crippen MR) is 117 cm³/mol. The van der Waals surface area contributed by atoms with Crippen molar-refractivity contribution in [1.29, 1.82) is 0 Å². The number of guanidine groups is 1. The van der Waals surface area contributed by atoms with Crippen molar-refractivity contribution in [3.63, 3.8) is 0 Å². The Kier molecular flexibility index (Phi) is 8.81. The molecular weight excluding hydrogens is 459 g/mol. The van der Waals surface area contributed by atoms with Crippen LogP contribution in [0.25, 0.3) is 0 Å². The molecular formula is C18H31IN6O2. The zero-order valence-corrected chi connectivity index (χ0v) is 18.6. The number of nitrogens with one attached hydrogen (secondary N) is 1. The molecule has 1 aromatic rings. The second-order valence-corrected chi connectivity index (χ2v) is 6.95. The average Bonchev–Trinajstić information content (AvgIpc) is 3.36. The molecule has 27 heavy (non-hydrogen) atoms.